The van der Waals surface area contributed by atoms with Gasteiger partial charge in [0, 0.05) is 16.5 Å². The molecule has 294 valence electrons. The highest BCUT2D eigenvalue weighted by Crippen LogP contribution is 2.49. The minimum atomic E-state index is -4.45. The summed E-state index contributed by atoms with van der Waals surface area (Å²) in [7, 11) is 0. The van der Waals surface area contributed by atoms with Gasteiger partial charge in [-0.15, -0.1) is 0 Å². The van der Waals surface area contributed by atoms with E-state index in [0.29, 0.717) is 5.69 Å². The summed E-state index contributed by atoms with van der Waals surface area (Å²) in [6, 6.07) is 82.5. The van der Waals surface area contributed by atoms with Crippen LogP contribution in [0.5, 0.6) is 0 Å². The largest absolute Gasteiger partial charge is 0.416 e. The van der Waals surface area contributed by atoms with Crippen LogP contribution in [0.3, 0.4) is 0 Å². The van der Waals surface area contributed by atoms with E-state index < -0.39 is 22.6 Å². The molecule has 0 radical (unpaired) electrons. The van der Waals surface area contributed by atoms with E-state index in [-0.39, 0.29) is 0 Å². The van der Waals surface area contributed by atoms with Crippen molar-refractivity contribution < 1.29 is 13.2 Å². The van der Waals surface area contributed by atoms with Gasteiger partial charge in [-0.3, -0.25) is 0 Å². The van der Waals surface area contributed by atoms with E-state index in [1.54, 1.807) is 12.1 Å². The van der Waals surface area contributed by atoms with Gasteiger partial charge in [-0.1, -0.05) is 194 Å². The summed E-state index contributed by atoms with van der Waals surface area (Å²) >= 11 is 0. The Kier molecular flexibility index (Phi) is 9.49. The third kappa shape index (κ3) is 6.26. The summed E-state index contributed by atoms with van der Waals surface area (Å²) < 4.78 is 43.8. The minimum Gasteiger partial charge on any atom is -0.309 e. The van der Waals surface area contributed by atoms with Crippen LogP contribution < -0.4 is 0 Å². The number of nitrogens with zero attached hydrogens (tertiary/aromatic N) is 1. The molecule has 1 nitrogen and oxygen atoms in total. The van der Waals surface area contributed by atoms with Gasteiger partial charge >= 0.3 is 6.18 Å². The number of alkyl halides is 3. The molecule has 10 aromatic rings. The van der Waals surface area contributed by atoms with Crippen molar-refractivity contribution >= 4 is 21.8 Å². The predicted molar refractivity (Wildman–Crippen MR) is 242 cm³/mol. The molecular formula is C57H40F3N. The van der Waals surface area contributed by atoms with Crippen LogP contribution in [0.4, 0.5) is 13.2 Å². The Hall–Kier alpha value is -7.43. The monoisotopic (exact) mass is 795 g/mol. The quantitative estimate of drug-likeness (QED) is 0.128. The minimum absolute atomic E-state index is 0.648. The lowest BCUT2D eigenvalue weighted by molar-refractivity contribution is -0.137. The molecule has 0 fully saturated rings. The number of hydrogen-bond donors (Lipinski definition) is 0. The summed E-state index contributed by atoms with van der Waals surface area (Å²) in [5.74, 6) is 0. The highest BCUT2D eigenvalue weighted by molar-refractivity contribution is 6.10. The zero-order valence-corrected chi connectivity index (χ0v) is 33.2. The number of rotatable bonds is 9. The molecule has 61 heavy (non-hydrogen) atoms. The van der Waals surface area contributed by atoms with Crippen molar-refractivity contribution in [2.45, 2.75) is 17.0 Å². The average Bonchev–Trinajstić information content (AvgIpc) is 3.65. The van der Waals surface area contributed by atoms with E-state index in [4.69, 9.17) is 0 Å². The SMILES string of the molecule is FC(F)(F)c1ccc(-n2c3ccc(C(c4ccccc4)(c4ccccc4)c4ccccc4)cc3c3cc(C(c4ccccc4)(c4ccccc4)c4ccccc4)ccc32)cc1. The topological polar surface area (TPSA) is 4.93 Å². The van der Waals surface area contributed by atoms with Crippen LogP contribution in [0, 0.1) is 0 Å². The van der Waals surface area contributed by atoms with Crippen molar-refractivity contribution in [1.82, 2.24) is 4.57 Å². The standard InChI is InChI=1S/C57H40F3N/c58-57(59,60)47-31-35-50(36-32-47)61-53-37-33-48(55(41-19-7-1-8-20-41,42-21-9-2-10-22-42)43-23-11-3-12-24-43)39-51(53)52-40-49(34-38-54(52)61)56(44-25-13-4-14-26-44,45-27-15-5-16-28-45)46-29-17-6-18-30-46/h1-40H. The molecule has 0 unspecified atom stereocenters. The molecule has 1 heterocycles. The Balaban J connectivity index is 1.33. The predicted octanol–water partition coefficient (Wildman–Crippen LogP) is 14.6. The smallest absolute Gasteiger partial charge is 0.309 e. The third-order valence-corrected chi connectivity index (χ3v) is 12.3. The van der Waals surface area contributed by atoms with E-state index >= 15 is 0 Å². The van der Waals surface area contributed by atoms with Gasteiger partial charge < -0.3 is 4.57 Å². The second kappa shape index (κ2) is 15.3. The second-order valence-corrected chi connectivity index (χ2v) is 15.5. The first kappa shape index (κ1) is 37.8. The van der Waals surface area contributed by atoms with Crippen molar-refractivity contribution in [3.63, 3.8) is 0 Å². The van der Waals surface area contributed by atoms with Crippen molar-refractivity contribution in [3.05, 3.63) is 293 Å². The fraction of sp³-hybridized carbons (Fsp3) is 0.0526. The second-order valence-electron chi connectivity index (χ2n) is 15.5. The summed E-state index contributed by atoms with van der Waals surface area (Å²) in [5.41, 5.74) is 9.20. The number of halogens is 3. The van der Waals surface area contributed by atoms with Crippen LogP contribution in [0.2, 0.25) is 0 Å². The Labute approximate surface area is 353 Å². The van der Waals surface area contributed by atoms with Crippen LogP contribution >= 0.6 is 0 Å². The summed E-state index contributed by atoms with van der Waals surface area (Å²) in [6.07, 6.45) is -4.45. The van der Waals surface area contributed by atoms with E-state index in [0.717, 1.165) is 66.3 Å². The van der Waals surface area contributed by atoms with Crippen LogP contribution in [-0.2, 0) is 17.0 Å². The van der Waals surface area contributed by atoms with E-state index in [1.165, 1.54) is 12.1 Å². The molecular weight excluding hydrogens is 756 g/mol. The first-order chi connectivity index (χ1) is 29.9. The van der Waals surface area contributed by atoms with Crippen LogP contribution in [0.1, 0.15) is 50.1 Å². The normalized spacial score (nSPS) is 12.2. The van der Waals surface area contributed by atoms with Crippen molar-refractivity contribution in [1.29, 1.82) is 0 Å². The van der Waals surface area contributed by atoms with Crippen LogP contribution in [0.25, 0.3) is 27.5 Å². The van der Waals surface area contributed by atoms with Gasteiger partial charge in [0.1, 0.15) is 0 Å². The molecule has 4 heteroatoms. The van der Waals surface area contributed by atoms with Gasteiger partial charge in [0.15, 0.2) is 0 Å². The summed E-state index contributed by atoms with van der Waals surface area (Å²) in [6.45, 7) is 0. The maximum absolute atomic E-state index is 13.9. The highest BCUT2D eigenvalue weighted by Gasteiger charge is 2.40. The van der Waals surface area contributed by atoms with Gasteiger partial charge in [-0.25, -0.2) is 0 Å². The van der Waals surface area contributed by atoms with Gasteiger partial charge in [0.05, 0.1) is 27.4 Å². The van der Waals surface area contributed by atoms with E-state index in [2.05, 4.69) is 187 Å². The lowest BCUT2D eigenvalue weighted by Crippen LogP contribution is -2.31. The van der Waals surface area contributed by atoms with E-state index in [9.17, 15) is 13.2 Å². The molecule has 10 rings (SSSR count). The zero-order chi connectivity index (χ0) is 41.4. The number of aromatic nitrogens is 1. The number of fused-ring (bicyclic) bond motifs is 3. The maximum Gasteiger partial charge on any atom is 0.416 e. The van der Waals surface area contributed by atoms with Crippen molar-refractivity contribution in [2.75, 3.05) is 0 Å². The zero-order valence-electron chi connectivity index (χ0n) is 33.2. The Morgan fingerprint density at radius 2 is 0.525 bits per heavy atom. The molecule has 0 spiro atoms. The molecule has 0 N–H and O–H groups in total. The van der Waals surface area contributed by atoms with Crippen LogP contribution in [0.15, 0.2) is 243 Å². The average molecular weight is 796 g/mol. The van der Waals surface area contributed by atoms with E-state index in [1.807, 2.05) is 36.4 Å². The molecule has 0 amide bonds. The molecule has 0 aliphatic heterocycles. The fourth-order valence-corrected chi connectivity index (χ4v) is 9.70. The third-order valence-electron chi connectivity index (χ3n) is 12.3. The summed E-state index contributed by atoms with van der Waals surface area (Å²) in [4.78, 5) is 0. The van der Waals surface area contributed by atoms with Crippen molar-refractivity contribution in [3.8, 4) is 5.69 Å². The molecule has 0 aliphatic carbocycles. The van der Waals surface area contributed by atoms with Gasteiger partial charge in [-0.05, 0) is 93.0 Å². The lowest BCUT2D eigenvalue weighted by atomic mass is 9.64. The highest BCUT2D eigenvalue weighted by atomic mass is 19.4. The molecule has 1 aromatic heterocycles. The number of benzene rings is 9. The van der Waals surface area contributed by atoms with Crippen molar-refractivity contribution in [2.24, 2.45) is 0 Å². The Morgan fingerprint density at radius 1 is 0.262 bits per heavy atom. The molecule has 0 saturated heterocycles. The number of hydrogen-bond acceptors (Lipinski definition) is 0. The van der Waals surface area contributed by atoms with Crippen LogP contribution in [-0.4, -0.2) is 4.57 Å². The first-order valence-corrected chi connectivity index (χ1v) is 20.5. The maximum atomic E-state index is 13.9. The molecule has 0 aliphatic rings. The molecule has 0 bridgehead atoms. The lowest BCUT2D eigenvalue weighted by Gasteiger charge is -2.37. The fourth-order valence-electron chi connectivity index (χ4n) is 9.70. The van der Waals surface area contributed by atoms with Gasteiger partial charge in [0.25, 0.3) is 0 Å². The van der Waals surface area contributed by atoms with Gasteiger partial charge in [0.2, 0.25) is 0 Å². The molecule has 0 atom stereocenters. The Morgan fingerprint density at radius 3 is 0.787 bits per heavy atom. The van der Waals surface area contributed by atoms with Gasteiger partial charge in [-0.2, -0.15) is 13.2 Å². The molecule has 9 aromatic carbocycles. The Bertz CT molecular complexity index is 2690. The summed E-state index contributed by atoms with van der Waals surface area (Å²) in [5, 5.41) is 1.98. The molecule has 0 saturated carbocycles. The first-order valence-electron chi connectivity index (χ1n) is 20.5.